The van der Waals surface area contributed by atoms with Crippen molar-refractivity contribution in [2.45, 2.75) is 38.6 Å². The van der Waals surface area contributed by atoms with Gasteiger partial charge in [-0.2, -0.15) is 0 Å². The number of ketones is 1. The number of Topliss-reactive ketones (excluding diaryl/α,β-unsaturated/α-hetero) is 1. The highest BCUT2D eigenvalue weighted by atomic mass is 79.9. The molecule has 0 spiro atoms. The molecule has 0 aliphatic carbocycles. The topological polar surface area (TPSA) is 43.1 Å². The lowest BCUT2D eigenvalue weighted by Gasteiger charge is -2.24. The van der Waals surface area contributed by atoms with Crippen LogP contribution in [0, 0.1) is 0 Å². The molecule has 0 fully saturated rings. The highest BCUT2D eigenvalue weighted by molar-refractivity contribution is 9.11. The summed E-state index contributed by atoms with van der Waals surface area (Å²) in [5.74, 6) is 0.141. The molecule has 1 aromatic rings. The minimum absolute atomic E-state index is 0.141. The van der Waals surface area contributed by atoms with Gasteiger partial charge in [0, 0.05) is 11.3 Å². The lowest BCUT2D eigenvalue weighted by Crippen LogP contribution is -2.47. The van der Waals surface area contributed by atoms with E-state index in [1.807, 2.05) is 26.0 Å². The fourth-order valence-corrected chi connectivity index (χ4v) is 2.91. The molecule has 0 atom stereocenters. The van der Waals surface area contributed by atoms with Crippen molar-refractivity contribution in [1.29, 1.82) is 0 Å². The summed E-state index contributed by atoms with van der Waals surface area (Å²) >= 11 is 4.98. The van der Waals surface area contributed by atoms with Gasteiger partial charge in [0.2, 0.25) is 0 Å². The Morgan fingerprint density at radius 1 is 1.47 bits per heavy atom. The Morgan fingerprint density at radius 3 is 2.47 bits per heavy atom. The molecular formula is C11H16BrNOS. The van der Waals surface area contributed by atoms with Gasteiger partial charge in [-0.3, -0.25) is 4.79 Å². The molecule has 0 unspecified atom stereocenters. The van der Waals surface area contributed by atoms with Crippen LogP contribution < -0.4 is 5.73 Å². The molecular weight excluding hydrogens is 274 g/mol. The summed E-state index contributed by atoms with van der Waals surface area (Å²) in [5, 5.41) is 0. The molecule has 1 aromatic heterocycles. The summed E-state index contributed by atoms with van der Waals surface area (Å²) < 4.78 is 1.06. The van der Waals surface area contributed by atoms with Crippen LogP contribution in [0.5, 0.6) is 0 Å². The zero-order chi connectivity index (χ0) is 11.5. The van der Waals surface area contributed by atoms with Crippen molar-refractivity contribution >= 4 is 33.0 Å². The Kier molecular flexibility index (Phi) is 4.49. The molecule has 0 saturated carbocycles. The van der Waals surface area contributed by atoms with Gasteiger partial charge in [-0.1, -0.05) is 13.8 Å². The Morgan fingerprint density at radius 2 is 2.07 bits per heavy atom. The summed E-state index contributed by atoms with van der Waals surface area (Å²) in [4.78, 5) is 13.0. The molecule has 1 heterocycles. The summed E-state index contributed by atoms with van der Waals surface area (Å²) in [7, 11) is 0. The first kappa shape index (κ1) is 12.9. The summed E-state index contributed by atoms with van der Waals surface area (Å²) in [5.41, 5.74) is 5.40. The maximum atomic E-state index is 12.0. The number of halogens is 1. The van der Waals surface area contributed by atoms with Gasteiger partial charge >= 0.3 is 0 Å². The number of thiophene rings is 1. The first-order valence-corrected chi connectivity index (χ1v) is 6.69. The second-order valence-corrected chi connectivity index (χ2v) is 6.22. The molecule has 0 bridgehead atoms. The maximum absolute atomic E-state index is 12.0. The van der Waals surface area contributed by atoms with Crippen molar-refractivity contribution in [2.75, 3.05) is 0 Å². The third-order valence-electron chi connectivity index (χ3n) is 2.78. The first-order valence-electron chi connectivity index (χ1n) is 5.08. The lowest BCUT2D eigenvalue weighted by molar-refractivity contribution is -0.123. The molecule has 0 amide bonds. The molecule has 1 rings (SSSR count). The number of carbonyl (C=O) groups excluding carboxylic acids is 1. The average molecular weight is 290 g/mol. The van der Waals surface area contributed by atoms with Gasteiger partial charge in [-0.25, -0.2) is 0 Å². The van der Waals surface area contributed by atoms with E-state index in [1.165, 1.54) is 0 Å². The smallest absolute Gasteiger partial charge is 0.157 e. The van der Waals surface area contributed by atoms with Crippen LogP contribution in [0.4, 0.5) is 0 Å². The number of rotatable bonds is 5. The third-order valence-corrected chi connectivity index (χ3v) is 4.40. The monoisotopic (exact) mass is 289 g/mol. The maximum Gasteiger partial charge on any atom is 0.157 e. The van der Waals surface area contributed by atoms with E-state index in [9.17, 15) is 4.79 Å². The first-order chi connectivity index (χ1) is 7.01. The zero-order valence-electron chi connectivity index (χ0n) is 9.05. The number of nitrogens with two attached hydrogens (primary N) is 1. The van der Waals surface area contributed by atoms with Gasteiger partial charge in [0.1, 0.15) is 0 Å². The molecule has 84 valence electrons. The molecule has 0 aliphatic rings. The number of hydrogen-bond donors (Lipinski definition) is 1. The standard InChI is InChI=1S/C11H16BrNOS/c1-3-11(13,4-2)9(14)7-8-5-6-10(12)15-8/h5-6H,3-4,7,13H2,1-2H3. The van der Waals surface area contributed by atoms with Crippen LogP contribution in [-0.4, -0.2) is 11.3 Å². The van der Waals surface area contributed by atoms with E-state index in [-0.39, 0.29) is 5.78 Å². The molecule has 0 aromatic carbocycles. The fourth-order valence-electron chi connectivity index (χ4n) is 1.43. The molecule has 2 N–H and O–H groups in total. The molecule has 0 aliphatic heterocycles. The van der Waals surface area contributed by atoms with Gasteiger partial charge in [0.15, 0.2) is 5.78 Å². The van der Waals surface area contributed by atoms with Crippen LogP contribution in [0.3, 0.4) is 0 Å². The molecule has 15 heavy (non-hydrogen) atoms. The van der Waals surface area contributed by atoms with E-state index in [1.54, 1.807) is 11.3 Å². The van der Waals surface area contributed by atoms with E-state index in [2.05, 4.69) is 15.9 Å². The fraction of sp³-hybridized carbons (Fsp3) is 0.545. The van der Waals surface area contributed by atoms with Crippen molar-refractivity contribution in [3.8, 4) is 0 Å². The van der Waals surface area contributed by atoms with Crippen molar-refractivity contribution in [2.24, 2.45) is 5.73 Å². The Hall–Kier alpha value is -0.190. The van der Waals surface area contributed by atoms with E-state index in [4.69, 9.17) is 5.73 Å². The van der Waals surface area contributed by atoms with Crippen LogP contribution in [0.25, 0.3) is 0 Å². The van der Waals surface area contributed by atoms with Gasteiger partial charge in [-0.15, -0.1) is 11.3 Å². The van der Waals surface area contributed by atoms with Gasteiger partial charge in [0.25, 0.3) is 0 Å². The van der Waals surface area contributed by atoms with Crippen LogP contribution in [0.15, 0.2) is 15.9 Å². The Bertz CT molecular complexity index is 344. The zero-order valence-corrected chi connectivity index (χ0v) is 11.5. The lowest BCUT2D eigenvalue weighted by atomic mass is 9.87. The normalized spacial score (nSPS) is 11.7. The second-order valence-electron chi connectivity index (χ2n) is 3.67. The Balaban J connectivity index is 2.70. The number of hydrogen-bond acceptors (Lipinski definition) is 3. The van der Waals surface area contributed by atoms with Crippen LogP contribution in [0.2, 0.25) is 0 Å². The van der Waals surface area contributed by atoms with E-state index in [0.717, 1.165) is 8.66 Å². The minimum Gasteiger partial charge on any atom is -0.319 e. The van der Waals surface area contributed by atoms with Gasteiger partial charge < -0.3 is 5.73 Å². The van der Waals surface area contributed by atoms with Gasteiger partial charge in [-0.05, 0) is 40.9 Å². The quantitative estimate of drug-likeness (QED) is 0.905. The third kappa shape index (κ3) is 3.13. The average Bonchev–Trinajstić information content (AvgIpc) is 2.62. The molecule has 2 nitrogen and oxygen atoms in total. The van der Waals surface area contributed by atoms with Crippen molar-refractivity contribution in [3.05, 3.63) is 20.8 Å². The Labute approximate surface area is 103 Å². The summed E-state index contributed by atoms with van der Waals surface area (Å²) in [6.07, 6.45) is 1.86. The number of carbonyl (C=O) groups is 1. The van der Waals surface area contributed by atoms with E-state index >= 15 is 0 Å². The minimum atomic E-state index is -0.642. The van der Waals surface area contributed by atoms with Crippen LogP contribution in [0.1, 0.15) is 31.6 Å². The van der Waals surface area contributed by atoms with Crippen molar-refractivity contribution in [3.63, 3.8) is 0 Å². The van der Waals surface area contributed by atoms with Crippen molar-refractivity contribution in [1.82, 2.24) is 0 Å². The van der Waals surface area contributed by atoms with Crippen LogP contribution in [-0.2, 0) is 11.2 Å². The second kappa shape index (κ2) is 5.23. The van der Waals surface area contributed by atoms with E-state index in [0.29, 0.717) is 19.3 Å². The highest BCUT2D eigenvalue weighted by Gasteiger charge is 2.29. The predicted octanol–water partition coefficient (Wildman–Crippen LogP) is 3.14. The molecule has 4 heteroatoms. The molecule has 0 saturated heterocycles. The summed E-state index contributed by atoms with van der Waals surface area (Å²) in [6.45, 7) is 3.93. The van der Waals surface area contributed by atoms with E-state index < -0.39 is 5.54 Å². The van der Waals surface area contributed by atoms with Crippen molar-refractivity contribution < 1.29 is 4.79 Å². The summed E-state index contributed by atoms with van der Waals surface area (Å²) in [6, 6.07) is 3.93. The van der Waals surface area contributed by atoms with Crippen LogP contribution >= 0.6 is 27.3 Å². The largest absolute Gasteiger partial charge is 0.319 e. The SMILES string of the molecule is CCC(N)(CC)C(=O)Cc1ccc(Br)s1. The molecule has 0 radical (unpaired) electrons. The predicted molar refractivity (Wildman–Crippen MR) is 68.2 cm³/mol. The van der Waals surface area contributed by atoms with Gasteiger partial charge in [0.05, 0.1) is 9.33 Å². The highest BCUT2D eigenvalue weighted by Crippen LogP contribution is 2.24.